The van der Waals surface area contributed by atoms with Crippen LogP contribution in [0.4, 0.5) is 0 Å². The van der Waals surface area contributed by atoms with Gasteiger partial charge in [0.05, 0.1) is 52.2 Å². The van der Waals surface area contributed by atoms with Crippen molar-refractivity contribution >= 4 is 17.7 Å². The Kier molecular flexibility index (Phi) is 20.3. The molecular weight excluding hydrogens is 526 g/mol. The minimum absolute atomic E-state index is 0.0253. The normalized spacial score (nSPS) is 12.6. The molecule has 1 aromatic rings. The molecule has 39 heavy (non-hydrogen) atoms. The summed E-state index contributed by atoms with van der Waals surface area (Å²) in [7, 11) is 0. The second-order valence-corrected chi connectivity index (χ2v) is 9.71. The highest BCUT2D eigenvalue weighted by atomic mass is 32.2. The first kappa shape index (κ1) is 34.9. The van der Waals surface area contributed by atoms with Gasteiger partial charge in [-0.15, -0.1) is 11.8 Å². The Balaban J connectivity index is 2.20. The van der Waals surface area contributed by atoms with Crippen LogP contribution in [-0.2, 0) is 23.7 Å². The van der Waals surface area contributed by atoms with Gasteiger partial charge in [-0.25, -0.2) is 0 Å². The molecule has 0 heterocycles. The molecule has 0 aliphatic rings. The number of hydrogen-bond acceptors (Lipinski definition) is 10. The molecular formula is C26H45N5O7S. The van der Waals surface area contributed by atoms with Crippen LogP contribution in [0.2, 0.25) is 0 Å². The summed E-state index contributed by atoms with van der Waals surface area (Å²) in [5.74, 6) is 0.760. The predicted molar refractivity (Wildman–Crippen MR) is 152 cm³/mol. The summed E-state index contributed by atoms with van der Waals surface area (Å²) in [6.45, 7) is 10.9. The zero-order valence-electron chi connectivity index (χ0n) is 23.7. The molecule has 0 spiro atoms. The summed E-state index contributed by atoms with van der Waals surface area (Å²) in [6, 6.07) is 7.23. The van der Waals surface area contributed by atoms with E-state index in [1.165, 1.54) is 0 Å². The number of hydrogen-bond donors (Lipinski definition) is 2. The van der Waals surface area contributed by atoms with Gasteiger partial charge >= 0.3 is 0 Å². The smallest absolute Gasteiger partial charge is 0.251 e. The minimum Gasteiger partial charge on any atom is -0.490 e. The van der Waals surface area contributed by atoms with E-state index in [1.807, 2.05) is 6.26 Å². The second-order valence-electron chi connectivity index (χ2n) is 8.90. The summed E-state index contributed by atoms with van der Waals surface area (Å²) in [4.78, 5) is 15.3. The highest BCUT2D eigenvalue weighted by Gasteiger charge is 2.25. The van der Waals surface area contributed by atoms with Crippen molar-refractivity contribution in [2.75, 3.05) is 84.7 Å². The van der Waals surface area contributed by atoms with Crippen LogP contribution in [0.3, 0.4) is 0 Å². The lowest BCUT2D eigenvalue weighted by molar-refractivity contribution is -0.0712. The van der Waals surface area contributed by atoms with Crippen LogP contribution >= 0.6 is 11.8 Å². The predicted octanol–water partition coefficient (Wildman–Crippen LogP) is 3.61. The van der Waals surface area contributed by atoms with E-state index in [9.17, 15) is 4.79 Å². The molecule has 0 bridgehead atoms. The number of thioether (sulfide) groups is 1. The molecule has 2 N–H and O–H groups in total. The number of carbonyl (C=O) groups excluding carboxylic acids is 1. The topological polar surface area (TPSA) is 145 Å². The second kappa shape index (κ2) is 22.7. The van der Waals surface area contributed by atoms with Crippen molar-refractivity contribution in [1.29, 1.82) is 0 Å². The minimum atomic E-state index is -1.21. The Labute approximate surface area is 236 Å². The van der Waals surface area contributed by atoms with Crippen molar-refractivity contribution in [3.63, 3.8) is 0 Å². The van der Waals surface area contributed by atoms with E-state index >= 15 is 0 Å². The van der Waals surface area contributed by atoms with E-state index in [0.717, 1.165) is 13.0 Å². The molecule has 1 atom stereocenters. The number of ether oxygens (including phenoxy) is 6. The molecule has 0 saturated carbocycles. The molecule has 222 valence electrons. The fourth-order valence-corrected chi connectivity index (χ4v) is 3.33. The number of rotatable bonds is 25. The van der Waals surface area contributed by atoms with Crippen molar-refractivity contribution in [1.82, 2.24) is 10.6 Å². The van der Waals surface area contributed by atoms with Gasteiger partial charge in [-0.2, -0.15) is 0 Å². The third kappa shape index (κ3) is 18.8. The van der Waals surface area contributed by atoms with Crippen molar-refractivity contribution in [2.45, 2.75) is 39.0 Å². The van der Waals surface area contributed by atoms with Crippen LogP contribution in [-0.4, -0.2) is 102 Å². The van der Waals surface area contributed by atoms with Gasteiger partial charge in [-0.1, -0.05) is 25.0 Å². The van der Waals surface area contributed by atoms with E-state index in [4.69, 9.17) is 34.0 Å². The molecule has 0 fully saturated rings. The molecule has 1 rings (SSSR count). The highest BCUT2D eigenvalue weighted by Crippen LogP contribution is 2.19. The maximum atomic E-state index is 12.5. The van der Waals surface area contributed by atoms with Crippen molar-refractivity contribution in [2.24, 2.45) is 5.11 Å². The number of nitrogens with one attached hydrogen (secondary N) is 2. The van der Waals surface area contributed by atoms with E-state index in [2.05, 4.69) is 34.5 Å². The highest BCUT2D eigenvalue weighted by molar-refractivity contribution is 7.98. The Hall–Kier alpha value is -2.09. The Bertz CT molecular complexity index is 830. The summed E-state index contributed by atoms with van der Waals surface area (Å²) in [5, 5.41) is 9.87. The number of carbonyl (C=O) groups is 1. The van der Waals surface area contributed by atoms with E-state index in [1.54, 1.807) is 43.0 Å². The Morgan fingerprint density at radius 3 is 2.41 bits per heavy atom. The molecule has 0 aromatic heterocycles. The largest absolute Gasteiger partial charge is 0.490 e. The van der Waals surface area contributed by atoms with Gasteiger partial charge in [0.1, 0.15) is 12.4 Å². The Morgan fingerprint density at radius 1 is 1.03 bits per heavy atom. The van der Waals surface area contributed by atoms with Gasteiger partial charge in [0.15, 0.2) is 5.72 Å². The summed E-state index contributed by atoms with van der Waals surface area (Å²) in [6.07, 6.45) is 2.91. The molecule has 1 unspecified atom stereocenters. The third-order valence-corrected chi connectivity index (χ3v) is 5.40. The van der Waals surface area contributed by atoms with Crippen molar-refractivity contribution < 1.29 is 33.2 Å². The van der Waals surface area contributed by atoms with E-state index in [-0.39, 0.29) is 19.1 Å². The SMILES string of the molecule is CSCOCCOC(C)(COc1cccc(C(=O)NCCOCCOCCOCCCNC(C)C)c1)N=[N+]=[N-]. The van der Waals surface area contributed by atoms with Crippen LogP contribution < -0.4 is 15.4 Å². The van der Waals surface area contributed by atoms with E-state index < -0.39 is 5.72 Å². The quantitative estimate of drug-likeness (QED) is 0.0591. The molecule has 0 aliphatic heterocycles. The van der Waals surface area contributed by atoms with Gasteiger partial charge in [-0.3, -0.25) is 4.79 Å². The van der Waals surface area contributed by atoms with Gasteiger partial charge < -0.3 is 39.1 Å². The first-order chi connectivity index (χ1) is 18.9. The van der Waals surface area contributed by atoms with Gasteiger partial charge in [-0.05, 0) is 49.9 Å². The molecule has 0 radical (unpaired) electrons. The number of benzene rings is 1. The zero-order valence-corrected chi connectivity index (χ0v) is 24.5. The standard InChI is InChI=1S/C26H45N5O7S/c1-22(2)28-9-6-11-33-13-15-35-16-14-34-12-10-29-25(32)23-7-5-8-24(19-23)37-20-26(3,30-31-27)38-18-17-36-21-39-4/h5,7-8,19,22,28H,6,9-18,20-21H2,1-4H3,(H,29,32). The third-order valence-electron chi connectivity index (χ3n) is 5.00. The fourth-order valence-electron chi connectivity index (χ4n) is 3.05. The maximum absolute atomic E-state index is 12.5. The monoisotopic (exact) mass is 571 g/mol. The summed E-state index contributed by atoms with van der Waals surface area (Å²) in [5.41, 5.74) is 8.12. The first-order valence-corrected chi connectivity index (χ1v) is 14.5. The Morgan fingerprint density at radius 2 is 1.72 bits per heavy atom. The summed E-state index contributed by atoms with van der Waals surface area (Å²) >= 11 is 1.56. The lowest BCUT2D eigenvalue weighted by Gasteiger charge is -2.24. The van der Waals surface area contributed by atoms with Gasteiger partial charge in [0.2, 0.25) is 0 Å². The van der Waals surface area contributed by atoms with Gasteiger partial charge in [0.25, 0.3) is 5.91 Å². The van der Waals surface area contributed by atoms with Crippen LogP contribution in [0.1, 0.15) is 37.6 Å². The lowest BCUT2D eigenvalue weighted by Crippen LogP contribution is -2.34. The number of azide groups is 1. The molecule has 0 saturated heterocycles. The van der Waals surface area contributed by atoms with Crippen LogP contribution in [0, 0.1) is 0 Å². The molecule has 1 aromatic carbocycles. The number of nitrogens with zero attached hydrogens (tertiary/aromatic N) is 3. The lowest BCUT2D eigenvalue weighted by atomic mass is 10.2. The average Bonchev–Trinajstić information content (AvgIpc) is 2.92. The average molecular weight is 572 g/mol. The van der Waals surface area contributed by atoms with Crippen LogP contribution in [0.15, 0.2) is 29.4 Å². The summed E-state index contributed by atoms with van der Waals surface area (Å²) < 4.78 is 33.3. The van der Waals surface area contributed by atoms with Crippen molar-refractivity contribution in [3.8, 4) is 5.75 Å². The van der Waals surface area contributed by atoms with Gasteiger partial charge in [0, 0.05) is 29.7 Å². The van der Waals surface area contributed by atoms with Crippen LogP contribution in [0.25, 0.3) is 10.4 Å². The molecule has 0 aliphatic carbocycles. The molecule has 1 amide bonds. The zero-order chi connectivity index (χ0) is 28.6. The number of amides is 1. The molecule has 12 nitrogen and oxygen atoms in total. The first-order valence-electron chi connectivity index (χ1n) is 13.1. The van der Waals surface area contributed by atoms with Crippen molar-refractivity contribution in [3.05, 3.63) is 40.3 Å². The fraction of sp³-hybridized carbons (Fsp3) is 0.731. The van der Waals surface area contributed by atoms with Crippen LogP contribution in [0.5, 0.6) is 5.75 Å². The maximum Gasteiger partial charge on any atom is 0.251 e. The molecule has 13 heteroatoms. The van der Waals surface area contributed by atoms with E-state index in [0.29, 0.717) is 76.1 Å².